The van der Waals surface area contributed by atoms with Crippen LogP contribution in [0.25, 0.3) is 0 Å². The van der Waals surface area contributed by atoms with E-state index in [0.717, 1.165) is 17.3 Å². The Balaban J connectivity index is 2.50. The number of nitrogens with zero attached hydrogens (tertiary/aromatic N) is 1. The fourth-order valence-electron chi connectivity index (χ4n) is 0.986. The standard InChI is InChI=1S/C10H17N3S/c1-3-8(2)14-7-9-5-4-6-10(12-9)13-11/h4-6,8H,3,7,11H2,1-2H3,(H,12,13). The molecule has 0 radical (unpaired) electrons. The third-order valence-corrected chi connectivity index (χ3v) is 3.41. The lowest BCUT2D eigenvalue weighted by Crippen LogP contribution is -2.09. The second-order valence-electron chi connectivity index (χ2n) is 3.19. The zero-order valence-electron chi connectivity index (χ0n) is 8.66. The third kappa shape index (κ3) is 3.55. The highest BCUT2D eigenvalue weighted by molar-refractivity contribution is 7.99. The van der Waals surface area contributed by atoms with E-state index in [4.69, 9.17) is 5.84 Å². The summed E-state index contributed by atoms with van der Waals surface area (Å²) in [7, 11) is 0. The number of nitrogens with one attached hydrogen (secondary N) is 1. The van der Waals surface area contributed by atoms with Gasteiger partial charge in [0.15, 0.2) is 0 Å². The number of rotatable bonds is 5. The van der Waals surface area contributed by atoms with Gasteiger partial charge in [-0.2, -0.15) is 11.8 Å². The summed E-state index contributed by atoms with van der Waals surface area (Å²) in [5, 5.41) is 0.686. The Morgan fingerprint density at radius 2 is 2.36 bits per heavy atom. The number of hydrogen-bond acceptors (Lipinski definition) is 4. The SMILES string of the molecule is CCC(C)SCc1cccc(NN)n1. The molecule has 0 aliphatic heterocycles. The van der Waals surface area contributed by atoms with Crippen LogP contribution in [0.15, 0.2) is 18.2 Å². The van der Waals surface area contributed by atoms with Crippen molar-refractivity contribution < 1.29 is 0 Å². The van der Waals surface area contributed by atoms with Gasteiger partial charge in [-0.15, -0.1) is 0 Å². The van der Waals surface area contributed by atoms with Gasteiger partial charge < -0.3 is 5.43 Å². The van der Waals surface area contributed by atoms with Crippen LogP contribution in [0.5, 0.6) is 0 Å². The molecule has 1 aromatic heterocycles. The fraction of sp³-hybridized carbons (Fsp3) is 0.500. The first-order valence-corrected chi connectivity index (χ1v) is 5.85. The molecule has 0 aliphatic rings. The minimum atomic E-state index is 0.686. The summed E-state index contributed by atoms with van der Waals surface area (Å²) in [5.74, 6) is 6.96. The summed E-state index contributed by atoms with van der Waals surface area (Å²) in [6.07, 6.45) is 1.19. The van der Waals surface area contributed by atoms with Crippen molar-refractivity contribution in [3.05, 3.63) is 23.9 Å². The van der Waals surface area contributed by atoms with Crippen LogP contribution in [0, 0.1) is 0 Å². The number of nitrogen functional groups attached to an aromatic ring is 1. The molecule has 1 heterocycles. The lowest BCUT2D eigenvalue weighted by atomic mass is 10.4. The number of anilines is 1. The van der Waals surface area contributed by atoms with E-state index in [9.17, 15) is 0 Å². The van der Waals surface area contributed by atoms with E-state index in [1.807, 2.05) is 30.0 Å². The van der Waals surface area contributed by atoms with Crippen molar-refractivity contribution in [2.45, 2.75) is 31.3 Å². The van der Waals surface area contributed by atoms with Crippen LogP contribution in [0.3, 0.4) is 0 Å². The molecule has 3 N–H and O–H groups in total. The molecule has 1 unspecified atom stereocenters. The average molecular weight is 211 g/mol. The summed E-state index contributed by atoms with van der Waals surface area (Å²) in [6.45, 7) is 4.43. The first kappa shape index (κ1) is 11.3. The number of hydrogen-bond donors (Lipinski definition) is 2. The Morgan fingerprint density at radius 1 is 1.57 bits per heavy atom. The maximum Gasteiger partial charge on any atom is 0.140 e. The van der Waals surface area contributed by atoms with E-state index in [0.29, 0.717) is 5.25 Å². The molecule has 1 rings (SSSR count). The Labute approximate surface area is 89.5 Å². The summed E-state index contributed by atoms with van der Waals surface area (Å²) in [6, 6.07) is 5.85. The molecule has 0 saturated heterocycles. The van der Waals surface area contributed by atoms with Crippen LogP contribution < -0.4 is 11.3 Å². The van der Waals surface area contributed by atoms with Gasteiger partial charge in [-0.25, -0.2) is 10.8 Å². The lowest BCUT2D eigenvalue weighted by Gasteiger charge is -2.08. The van der Waals surface area contributed by atoms with Gasteiger partial charge in [0.2, 0.25) is 0 Å². The number of aromatic nitrogens is 1. The number of hydrazine groups is 1. The summed E-state index contributed by atoms with van der Waals surface area (Å²) in [5.41, 5.74) is 3.62. The molecule has 4 heteroatoms. The molecule has 14 heavy (non-hydrogen) atoms. The zero-order chi connectivity index (χ0) is 10.4. The highest BCUT2D eigenvalue weighted by Crippen LogP contribution is 2.19. The molecular formula is C10H17N3S. The quantitative estimate of drug-likeness (QED) is 0.580. The fourth-order valence-corrected chi connectivity index (χ4v) is 1.84. The Kier molecular flexibility index (Phi) is 4.76. The lowest BCUT2D eigenvalue weighted by molar-refractivity contribution is 0.904. The molecule has 3 nitrogen and oxygen atoms in total. The monoisotopic (exact) mass is 211 g/mol. The van der Waals surface area contributed by atoms with Gasteiger partial charge in [0, 0.05) is 11.0 Å². The van der Waals surface area contributed by atoms with Gasteiger partial charge in [0.25, 0.3) is 0 Å². The van der Waals surface area contributed by atoms with Crippen molar-refractivity contribution >= 4 is 17.6 Å². The summed E-state index contributed by atoms with van der Waals surface area (Å²) >= 11 is 1.92. The number of pyridine rings is 1. The smallest absolute Gasteiger partial charge is 0.140 e. The molecule has 0 saturated carbocycles. The van der Waals surface area contributed by atoms with Gasteiger partial charge in [0.05, 0.1) is 5.69 Å². The van der Waals surface area contributed by atoms with Crippen molar-refractivity contribution in [3.8, 4) is 0 Å². The van der Waals surface area contributed by atoms with Crippen molar-refractivity contribution in [1.29, 1.82) is 0 Å². The Bertz CT molecular complexity index is 278. The second kappa shape index (κ2) is 5.88. The topological polar surface area (TPSA) is 50.9 Å². The highest BCUT2D eigenvalue weighted by Gasteiger charge is 2.01. The molecule has 0 aliphatic carbocycles. The normalized spacial score (nSPS) is 12.5. The van der Waals surface area contributed by atoms with E-state index >= 15 is 0 Å². The average Bonchev–Trinajstić information content (AvgIpc) is 2.26. The van der Waals surface area contributed by atoms with Crippen LogP contribution in [0.2, 0.25) is 0 Å². The van der Waals surface area contributed by atoms with Gasteiger partial charge in [-0.05, 0) is 18.6 Å². The van der Waals surface area contributed by atoms with Crippen molar-refractivity contribution in [2.75, 3.05) is 5.43 Å². The zero-order valence-corrected chi connectivity index (χ0v) is 9.47. The van der Waals surface area contributed by atoms with E-state index in [2.05, 4.69) is 24.3 Å². The molecule has 0 aromatic carbocycles. The van der Waals surface area contributed by atoms with Crippen molar-refractivity contribution in [3.63, 3.8) is 0 Å². The summed E-state index contributed by atoms with van der Waals surface area (Å²) < 4.78 is 0. The second-order valence-corrected chi connectivity index (χ2v) is 4.62. The number of thioether (sulfide) groups is 1. The predicted octanol–water partition coefficient (Wildman–Crippen LogP) is 2.40. The molecule has 0 spiro atoms. The molecule has 0 bridgehead atoms. The van der Waals surface area contributed by atoms with Gasteiger partial charge in [-0.1, -0.05) is 19.9 Å². The molecular weight excluding hydrogens is 194 g/mol. The van der Waals surface area contributed by atoms with Gasteiger partial charge >= 0.3 is 0 Å². The van der Waals surface area contributed by atoms with Crippen LogP contribution in [0.4, 0.5) is 5.82 Å². The van der Waals surface area contributed by atoms with E-state index in [1.165, 1.54) is 6.42 Å². The van der Waals surface area contributed by atoms with E-state index < -0.39 is 0 Å². The third-order valence-electron chi connectivity index (χ3n) is 2.05. The van der Waals surface area contributed by atoms with Crippen molar-refractivity contribution in [2.24, 2.45) is 5.84 Å². The van der Waals surface area contributed by atoms with E-state index in [-0.39, 0.29) is 0 Å². The van der Waals surface area contributed by atoms with E-state index in [1.54, 1.807) is 0 Å². The first-order valence-electron chi connectivity index (χ1n) is 4.80. The Hall–Kier alpha value is -0.740. The largest absolute Gasteiger partial charge is 0.308 e. The molecule has 78 valence electrons. The van der Waals surface area contributed by atoms with Crippen molar-refractivity contribution in [1.82, 2.24) is 4.98 Å². The summed E-state index contributed by atoms with van der Waals surface area (Å²) in [4.78, 5) is 4.34. The van der Waals surface area contributed by atoms with Gasteiger partial charge in [0.1, 0.15) is 5.82 Å². The minimum Gasteiger partial charge on any atom is -0.308 e. The maximum absolute atomic E-state index is 5.28. The first-order chi connectivity index (χ1) is 6.76. The van der Waals surface area contributed by atoms with Crippen LogP contribution >= 0.6 is 11.8 Å². The van der Waals surface area contributed by atoms with Crippen LogP contribution in [0.1, 0.15) is 26.0 Å². The number of nitrogens with two attached hydrogens (primary N) is 1. The Morgan fingerprint density at radius 3 is 3.00 bits per heavy atom. The van der Waals surface area contributed by atoms with Crippen LogP contribution in [-0.4, -0.2) is 10.2 Å². The molecule has 0 amide bonds. The minimum absolute atomic E-state index is 0.686. The molecule has 1 aromatic rings. The van der Waals surface area contributed by atoms with Gasteiger partial charge in [-0.3, -0.25) is 0 Å². The molecule has 1 atom stereocenters. The highest BCUT2D eigenvalue weighted by atomic mass is 32.2. The maximum atomic E-state index is 5.28. The molecule has 0 fully saturated rings. The van der Waals surface area contributed by atoms with Crippen LogP contribution in [-0.2, 0) is 5.75 Å². The predicted molar refractivity (Wildman–Crippen MR) is 63.1 cm³/mol.